The van der Waals surface area contributed by atoms with Crippen LogP contribution in [-0.2, 0) is 19.6 Å². The van der Waals surface area contributed by atoms with Crippen molar-refractivity contribution in [3.05, 3.63) is 18.2 Å². The lowest BCUT2D eigenvalue weighted by Crippen LogP contribution is -2.40. The summed E-state index contributed by atoms with van der Waals surface area (Å²) in [7, 11) is -2.73. The molecule has 1 unspecified atom stereocenters. The second kappa shape index (κ2) is 6.55. The van der Waals surface area contributed by atoms with E-state index in [1.54, 1.807) is 0 Å². The summed E-state index contributed by atoms with van der Waals surface area (Å²) in [5, 5.41) is 11.7. The van der Waals surface area contributed by atoms with Gasteiger partial charge in [-0.05, 0) is 31.0 Å². The number of methoxy groups -OCH3 is 1. The molecule has 0 spiro atoms. The maximum atomic E-state index is 12.8. The molecule has 126 valence electrons. The van der Waals surface area contributed by atoms with E-state index in [0.717, 1.165) is 4.31 Å². The molecule has 1 saturated heterocycles. The Balaban J connectivity index is 2.49. The number of carbonyl (C=O) groups is 2. The van der Waals surface area contributed by atoms with Crippen molar-refractivity contribution in [3.8, 4) is 5.75 Å². The van der Waals surface area contributed by atoms with Gasteiger partial charge in [0.2, 0.25) is 15.9 Å². The van der Waals surface area contributed by atoms with Gasteiger partial charge in [-0.25, -0.2) is 8.42 Å². The maximum Gasteiger partial charge on any atom is 0.322 e. The second-order valence-electron chi connectivity index (χ2n) is 5.16. The minimum absolute atomic E-state index is 0.0927. The van der Waals surface area contributed by atoms with E-state index in [0.29, 0.717) is 12.1 Å². The molecule has 0 aromatic heterocycles. The monoisotopic (exact) mass is 342 g/mol. The fourth-order valence-electron chi connectivity index (χ4n) is 2.56. The number of carboxylic acids is 1. The van der Waals surface area contributed by atoms with Crippen molar-refractivity contribution in [1.82, 2.24) is 4.31 Å². The maximum absolute atomic E-state index is 12.8. The van der Waals surface area contributed by atoms with Crippen molar-refractivity contribution >= 4 is 27.6 Å². The average Bonchev–Trinajstić information content (AvgIpc) is 2.97. The molecule has 0 bridgehead atoms. The number of hydrogen-bond donors (Lipinski definition) is 2. The van der Waals surface area contributed by atoms with Crippen molar-refractivity contribution in [2.75, 3.05) is 19.0 Å². The van der Waals surface area contributed by atoms with Crippen LogP contribution in [-0.4, -0.2) is 49.4 Å². The van der Waals surface area contributed by atoms with E-state index in [1.807, 2.05) is 0 Å². The van der Waals surface area contributed by atoms with Gasteiger partial charge in [0, 0.05) is 19.2 Å². The summed E-state index contributed by atoms with van der Waals surface area (Å²) >= 11 is 0. The third-order valence-electron chi connectivity index (χ3n) is 3.56. The molecule has 23 heavy (non-hydrogen) atoms. The summed E-state index contributed by atoms with van der Waals surface area (Å²) in [5.41, 5.74) is 0.294. The molecule has 1 aromatic rings. The lowest BCUT2D eigenvalue weighted by Gasteiger charge is -2.22. The van der Waals surface area contributed by atoms with Gasteiger partial charge >= 0.3 is 5.97 Å². The first kappa shape index (κ1) is 17.2. The first-order chi connectivity index (χ1) is 10.8. The summed E-state index contributed by atoms with van der Waals surface area (Å²) in [5.74, 6) is -1.43. The molecule has 2 N–H and O–H groups in total. The lowest BCUT2D eigenvalue weighted by atomic mass is 10.2. The van der Waals surface area contributed by atoms with Gasteiger partial charge in [-0.15, -0.1) is 0 Å². The van der Waals surface area contributed by atoms with E-state index < -0.39 is 22.0 Å². The highest BCUT2D eigenvalue weighted by Gasteiger charge is 2.40. The SMILES string of the molecule is COc1ccc(NC(C)=O)cc1S(=O)(=O)N1CCCC1C(=O)O. The van der Waals surface area contributed by atoms with Crippen LogP contribution in [0.1, 0.15) is 19.8 Å². The molecule has 1 amide bonds. The highest BCUT2D eigenvalue weighted by atomic mass is 32.2. The zero-order valence-electron chi connectivity index (χ0n) is 12.8. The Kier molecular flexibility index (Phi) is 4.90. The Morgan fingerprint density at radius 1 is 1.39 bits per heavy atom. The molecule has 9 heteroatoms. The Bertz CT molecular complexity index is 731. The van der Waals surface area contributed by atoms with E-state index in [2.05, 4.69) is 5.32 Å². The summed E-state index contributed by atoms with van der Waals surface area (Å²) in [6.07, 6.45) is 0.742. The zero-order chi connectivity index (χ0) is 17.2. The predicted octanol–water partition coefficient (Wildman–Crippen LogP) is 0.891. The zero-order valence-corrected chi connectivity index (χ0v) is 13.6. The normalized spacial score (nSPS) is 18.6. The number of sulfonamides is 1. The number of nitrogens with zero attached hydrogens (tertiary/aromatic N) is 1. The highest BCUT2D eigenvalue weighted by molar-refractivity contribution is 7.89. The van der Waals surface area contributed by atoms with E-state index >= 15 is 0 Å². The number of rotatable bonds is 5. The molecule has 1 fully saturated rings. The number of aliphatic carboxylic acids is 1. The molecule has 0 radical (unpaired) electrons. The van der Waals surface area contributed by atoms with Crippen LogP contribution < -0.4 is 10.1 Å². The van der Waals surface area contributed by atoms with Crippen molar-refractivity contribution < 1.29 is 27.9 Å². The van der Waals surface area contributed by atoms with Crippen LogP contribution in [0, 0.1) is 0 Å². The molecule has 1 aliphatic heterocycles. The number of benzene rings is 1. The van der Waals surface area contributed by atoms with Gasteiger partial charge < -0.3 is 15.2 Å². The highest BCUT2D eigenvalue weighted by Crippen LogP contribution is 2.33. The van der Waals surface area contributed by atoms with E-state index in [-0.39, 0.29) is 29.5 Å². The van der Waals surface area contributed by atoms with E-state index in [9.17, 15) is 23.1 Å². The fraction of sp³-hybridized carbons (Fsp3) is 0.429. The third kappa shape index (κ3) is 3.45. The Labute approximate surface area is 134 Å². The first-order valence-corrected chi connectivity index (χ1v) is 8.41. The third-order valence-corrected chi connectivity index (χ3v) is 5.49. The molecule has 1 aliphatic rings. The predicted molar refractivity (Wildman–Crippen MR) is 81.8 cm³/mol. The summed E-state index contributed by atoms with van der Waals surface area (Å²) < 4.78 is 31.7. The number of amides is 1. The number of carbonyl (C=O) groups excluding carboxylic acids is 1. The number of carboxylic acid groups (broad SMARTS) is 1. The van der Waals surface area contributed by atoms with Crippen molar-refractivity contribution in [1.29, 1.82) is 0 Å². The Morgan fingerprint density at radius 3 is 2.65 bits per heavy atom. The van der Waals surface area contributed by atoms with Gasteiger partial charge in [0.25, 0.3) is 0 Å². The van der Waals surface area contributed by atoms with Gasteiger partial charge in [0.05, 0.1) is 7.11 Å². The van der Waals surface area contributed by atoms with Gasteiger partial charge in [-0.3, -0.25) is 9.59 Å². The van der Waals surface area contributed by atoms with Crippen molar-refractivity contribution in [2.24, 2.45) is 0 Å². The molecule has 1 aromatic carbocycles. The van der Waals surface area contributed by atoms with E-state index in [1.165, 1.54) is 32.2 Å². The molecule has 0 saturated carbocycles. The first-order valence-electron chi connectivity index (χ1n) is 6.97. The van der Waals surface area contributed by atoms with E-state index in [4.69, 9.17) is 4.74 Å². The average molecular weight is 342 g/mol. The Hall–Kier alpha value is -2.13. The molecule has 8 nitrogen and oxygen atoms in total. The summed E-state index contributed by atoms with van der Waals surface area (Å²) in [4.78, 5) is 22.2. The molecule has 0 aliphatic carbocycles. The van der Waals surface area contributed by atoms with Crippen molar-refractivity contribution in [2.45, 2.75) is 30.7 Å². The summed E-state index contributed by atoms with van der Waals surface area (Å²) in [6, 6.07) is 3.11. The van der Waals surface area contributed by atoms with Gasteiger partial charge in [-0.1, -0.05) is 0 Å². The van der Waals surface area contributed by atoms with Crippen LogP contribution in [0.15, 0.2) is 23.1 Å². The van der Waals surface area contributed by atoms with Crippen LogP contribution in [0.3, 0.4) is 0 Å². The standard InChI is InChI=1S/C14H18N2O6S/c1-9(17)15-10-5-6-12(22-2)13(8-10)23(20,21)16-7-3-4-11(16)14(18)19/h5-6,8,11H,3-4,7H2,1-2H3,(H,15,17)(H,18,19). The molecular formula is C14H18N2O6S. The number of hydrogen-bond acceptors (Lipinski definition) is 5. The number of anilines is 1. The van der Waals surface area contributed by atoms with Crippen LogP contribution in [0.5, 0.6) is 5.75 Å². The van der Waals surface area contributed by atoms with Crippen LogP contribution in [0.2, 0.25) is 0 Å². The van der Waals surface area contributed by atoms with Crippen LogP contribution in [0.25, 0.3) is 0 Å². The minimum atomic E-state index is -4.06. The number of nitrogens with one attached hydrogen (secondary N) is 1. The molecule has 2 rings (SSSR count). The van der Waals surface area contributed by atoms with Crippen LogP contribution >= 0.6 is 0 Å². The molecule has 1 heterocycles. The largest absolute Gasteiger partial charge is 0.495 e. The quantitative estimate of drug-likeness (QED) is 0.822. The van der Waals surface area contributed by atoms with Crippen molar-refractivity contribution in [3.63, 3.8) is 0 Å². The lowest BCUT2D eigenvalue weighted by molar-refractivity contribution is -0.140. The van der Waals surface area contributed by atoms with Crippen LogP contribution in [0.4, 0.5) is 5.69 Å². The van der Waals surface area contributed by atoms with Gasteiger partial charge in [0.1, 0.15) is 16.7 Å². The second-order valence-corrected chi connectivity index (χ2v) is 7.02. The smallest absolute Gasteiger partial charge is 0.322 e. The molecular weight excluding hydrogens is 324 g/mol. The fourth-order valence-corrected chi connectivity index (χ4v) is 4.39. The topological polar surface area (TPSA) is 113 Å². The van der Waals surface area contributed by atoms with Gasteiger partial charge in [0.15, 0.2) is 0 Å². The minimum Gasteiger partial charge on any atom is -0.495 e. The Morgan fingerprint density at radius 2 is 2.09 bits per heavy atom. The summed E-state index contributed by atoms with van der Waals surface area (Å²) in [6.45, 7) is 1.44. The van der Waals surface area contributed by atoms with Gasteiger partial charge in [-0.2, -0.15) is 4.31 Å². The molecule has 1 atom stereocenters. The number of ether oxygens (including phenoxy) is 1.